The molecule has 0 bridgehead atoms. The van der Waals surface area contributed by atoms with Crippen LogP contribution in [0.15, 0.2) is 34.9 Å². The SMILES string of the molecule is COc1cc(NCCC(=O)NCc2ccco2)c(OC)cc1Cl. The van der Waals surface area contributed by atoms with Gasteiger partial charge in [-0.2, -0.15) is 0 Å². The van der Waals surface area contributed by atoms with Gasteiger partial charge < -0.3 is 24.5 Å². The lowest BCUT2D eigenvalue weighted by molar-refractivity contribution is -0.121. The fourth-order valence-corrected chi connectivity index (χ4v) is 2.23. The summed E-state index contributed by atoms with van der Waals surface area (Å²) in [6, 6.07) is 6.99. The van der Waals surface area contributed by atoms with Crippen LogP contribution in [0.2, 0.25) is 5.02 Å². The molecule has 2 aromatic rings. The summed E-state index contributed by atoms with van der Waals surface area (Å²) in [4.78, 5) is 11.8. The maximum Gasteiger partial charge on any atom is 0.222 e. The molecule has 7 heteroatoms. The highest BCUT2D eigenvalue weighted by Crippen LogP contribution is 2.35. The Kier molecular flexibility index (Phi) is 6.17. The monoisotopic (exact) mass is 338 g/mol. The van der Waals surface area contributed by atoms with E-state index in [1.807, 2.05) is 6.07 Å². The Hall–Kier alpha value is -2.34. The van der Waals surface area contributed by atoms with E-state index >= 15 is 0 Å². The number of carbonyl (C=O) groups is 1. The highest BCUT2D eigenvalue weighted by Gasteiger charge is 2.10. The number of halogens is 1. The highest BCUT2D eigenvalue weighted by atomic mass is 35.5. The first-order valence-corrected chi connectivity index (χ1v) is 7.46. The summed E-state index contributed by atoms with van der Waals surface area (Å²) in [6.45, 7) is 0.828. The first-order valence-electron chi connectivity index (χ1n) is 7.08. The molecule has 23 heavy (non-hydrogen) atoms. The Labute approximate surface area is 139 Å². The molecule has 0 saturated heterocycles. The van der Waals surface area contributed by atoms with Gasteiger partial charge in [-0.05, 0) is 12.1 Å². The molecule has 0 atom stereocenters. The number of hydrogen-bond acceptors (Lipinski definition) is 5. The van der Waals surface area contributed by atoms with E-state index in [1.165, 1.54) is 0 Å². The van der Waals surface area contributed by atoms with Gasteiger partial charge in [0.2, 0.25) is 5.91 Å². The molecule has 2 rings (SSSR count). The smallest absolute Gasteiger partial charge is 0.222 e. The Morgan fingerprint density at radius 2 is 2.04 bits per heavy atom. The molecule has 1 aromatic carbocycles. The molecule has 0 spiro atoms. The molecule has 0 aliphatic rings. The van der Waals surface area contributed by atoms with Gasteiger partial charge in [0.25, 0.3) is 0 Å². The van der Waals surface area contributed by atoms with Gasteiger partial charge in [0, 0.05) is 25.1 Å². The van der Waals surface area contributed by atoms with Gasteiger partial charge in [-0.1, -0.05) is 11.6 Å². The van der Waals surface area contributed by atoms with Crippen LogP contribution in [-0.2, 0) is 11.3 Å². The number of methoxy groups -OCH3 is 2. The Balaban J connectivity index is 1.84. The standard InChI is InChI=1S/C16H19ClN2O4/c1-21-14-9-13(15(22-2)8-12(14)17)18-6-5-16(20)19-10-11-4-3-7-23-11/h3-4,7-9,18H,5-6,10H2,1-2H3,(H,19,20). The summed E-state index contributed by atoms with van der Waals surface area (Å²) in [7, 11) is 3.10. The van der Waals surface area contributed by atoms with Crippen molar-refractivity contribution in [2.24, 2.45) is 0 Å². The molecule has 1 aromatic heterocycles. The lowest BCUT2D eigenvalue weighted by Crippen LogP contribution is -2.24. The summed E-state index contributed by atoms with van der Waals surface area (Å²) in [5, 5.41) is 6.39. The molecule has 0 aliphatic heterocycles. The van der Waals surface area contributed by atoms with Crippen LogP contribution in [0, 0.1) is 0 Å². The quantitative estimate of drug-likeness (QED) is 0.774. The minimum Gasteiger partial charge on any atom is -0.495 e. The molecule has 0 fully saturated rings. The number of amides is 1. The molecule has 0 unspecified atom stereocenters. The average molecular weight is 339 g/mol. The van der Waals surface area contributed by atoms with Crippen molar-refractivity contribution in [2.75, 3.05) is 26.1 Å². The van der Waals surface area contributed by atoms with E-state index in [1.54, 1.807) is 38.7 Å². The Morgan fingerprint density at radius 3 is 2.70 bits per heavy atom. The maximum absolute atomic E-state index is 11.8. The van der Waals surface area contributed by atoms with Crippen molar-refractivity contribution in [2.45, 2.75) is 13.0 Å². The second-order valence-electron chi connectivity index (χ2n) is 4.72. The number of nitrogens with one attached hydrogen (secondary N) is 2. The van der Waals surface area contributed by atoms with Crippen molar-refractivity contribution >= 4 is 23.2 Å². The zero-order chi connectivity index (χ0) is 16.7. The Morgan fingerprint density at radius 1 is 1.26 bits per heavy atom. The minimum atomic E-state index is -0.0752. The molecule has 0 saturated carbocycles. The van der Waals surface area contributed by atoms with E-state index in [9.17, 15) is 4.79 Å². The van der Waals surface area contributed by atoms with Gasteiger partial charge in [-0.15, -0.1) is 0 Å². The van der Waals surface area contributed by atoms with Gasteiger partial charge in [-0.3, -0.25) is 4.79 Å². The molecule has 0 radical (unpaired) electrons. The zero-order valence-electron chi connectivity index (χ0n) is 13.0. The van der Waals surface area contributed by atoms with Crippen LogP contribution in [0.1, 0.15) is 12.2 Å². The first kappa shape index (κ1) is 17.0. The van der Waals surface area contributed by atoms with Crippen molar-refractivity contribution in [3.63, 3.8) is 0 Å². The van der Waals surface area contributed by atoms with Crippen LogP contribution in [0.4, 0.5) is 5.69 Å². The third-order valence-electron chi connectivity index (χ3n) is 3.18. The largest absolute Gasteiger partial charge is 0.495 e. The highest BCUT2D eigenvalue weighted by molar-refractivity contribution is 6.32. The maximum atomic E-state index is 11.8. The number of anilines is 1. The summed E-state index contributed by atoms with van der Waals surface area (Å²) >= 11 is 6.05. The number of hydrogen-bond donors (Lipinski definition) is 2. The van der Waals surface area contributed by atoms with Crippen LogP contribution in [0.5, 0.6) is 11.5 Å². The predicted molar refractivity (Wildman–Crippen MR) is 88.2 cm³/mol. The van der Waals surface area contributed by atoms with Crippen LogP contribution in [0.3, 0.4) is 0 Å². The molecule has 1 amide bonds. The van der Waals surface area contributed by atoms with Crippen LogP contribution < -0.4 is 20.1 Å². The van der Waals surface area contributed by atoms with Gasteiger partial charge >= 0.3 is 0 Å². The van der Waals surface area contributed by atoms with Crippen molar-refractivity contribution in [1.29, 1.82) is 0 Å². The second-order valence-corrected chi connectivity index (χ2v) is 5.13. The number of rotatable bonds is 8. The lowest BCUT2D eigenvalue weighted by Gasteiger charge is -2.13. The summed E-state index contributed by atoms with van der Waals surface area (Å²) in [6.07, 6.45) is 1.89. The van der Waals surface area contributed by atoms with Crippen molar-refractivity contribution in [3.05, 3.63) is 41.3 Å². The number of benzene rings is 1. The fourth-order valence-electron chi connectivity index (χ4n) is 2.00. The van der Waals surface area contributed by atoms with Gasteiger partial charge in [0.15, 0.2) is 0 Å². The number of furan rings is 1. The average Bonchev–Trinajstić information content (AvgIpc) is 3.07. The van der Waals surface area contributed by atoms with Crippen molar-refractivity contribution in [3.8, 4) is 11.5 Å². The van der Waals surface area contributed by atoms with Gasteiger partial charge in [-0.25, -0.2) is 0 Å². The molecule has 124 valence electrons. The van der Waals surface area contributed by atoms with Gasteiger partial charge in [0.05, 0.1) is 37.7 Å². The number of ether oxygens (including phenoxy) is 2. The van der Waals surface area contributed by atoms with Crippen LogP contribution >= 0.6 is 11.6 Å². The van der Waals surface area contributed by atoms with E-state index < -0.39 is 0 Å². The number of carbonyl (C=O) groups excluding carboxylic acids is 1. The normalized spacial score (nSPS) is 10.2. The molecular weight excluding hydrogens is 320 g/mol. The topological polar surface area (TPSA) is 72.7 Å². The van der Waals surface area contributed by atoms with E-state index in [-0.39, 0.29) is 5.91 Å². The van der Waals surface area contributed by atoms with Crippen molar-refractivity contribution < 1.29 is 18.7 Å². The minimum absolute atomic E-state index is 0.0752. The molecule has 2 N–H and O–H groups in total. The van der Waals surface area contributed by atoms with Gasteiger partial charge in [0.1, 0.15) is 17.3 Å². The summed E-state index contributed by atoms with van der Waals surface area (Å²) < 4.78 is 15.6. The third-order valence-corrected chi connectivity index (χ3v) is 3.48. The predicted octanol–water partition coefficient (Wildman–Crippen LogP) is 3.07. The first-order chi connectivity index (χ1) is 11.1. The molecule has 0 aliphatic carbocycles. The third kappa shape index (κ3) is 4.82. The fraction of sp³-hybridized carbons (Fsp3) is 0.312. The van der Waals surface area contributed by atoms with E-state index in [0.29, 0.717) is 41.7 Å². The lowest BCUT2D eigenvalue weighted by atomic mass is 10.2. The van der Waals surface area contributed by atoms with Crippen LogP contribution in [-0.4, -0.2) is 26.7 Å². The van der Waals surface area contributed by atoms with Crippen molar-refractivity contribution in [1.82, 2.24) is 5.32 Å². The molecule has 6 nitrogen and oxygen atoms in total. The van der Waals surface area contributed by atoms with Crippen LogP contribution in [0.25, 0.3) is 0 Å². The Bertz CT molecular complexity index is 644. The molecular formula is C16H19ClN2O4. The summed E-state index contributed by atoms with van der Waals surface area (Å²) in [5.74, 6) is 1.77. The summed E-state index contributed by atoms with van der Waals surface area (Å²) in [5.41, 5.74) is 0.715. The van der Waals surface area contributed by atoms with E-state index in [0.717, 1.165) is 5.76 Å². The second kappa shape index (κ2) is 8.33. The van der Waals surface area contributed by atoms with E-state index in [4.69, 9.17) is 25.5 Å². The zero-order valence-corrected chi connectivity index (χ0v) is 13.8. The molecule has 1 heterocycles. The van der Waals surface area contributed by atoms with E-state index in [2.05, 4.69) is 10.6 Å².